The van der Waals surface area contributed by atoms with Crippen LogP contribution in [0.1, 0.15) is 48.5 Å². The Morgan fingerprint density at radius 2 is 1.68 bits per heavy atom. The summed E-state index contributed by atoms with van der Waals surface area (Å²) in [4.78, 5) is 43.7. The van der Waals surface area contributed by atoms with Gasteiger partial charge in [0.2, 0.25) is 0 Å². The summed E-state index contributed by atoms with van der Waals surface area (Å²) in [5.74, 6) is 0.137. The van der Waals surface area contributed by atoms with Gasteiger partial charge in [-0.2, -0.15) is 0 Å². The molecule has 1 aliphatic rings. The lowest BCUT2D eigenvalue weighted by Crippen LogP contribution is -2.39. The van der Waals surface area contributed by atoms with Gasteiger partial charge in [0.15, 0.2) is 4.80 Å². The maximum Gasteiger partial charge on any atom is 0.338 e. The molecule has 0 N–H and O–H groups in total. The highest BCUT2D eigenvalue weighted by Gasteiger charge is 2.33. The fourth-order valence-electron chi connectivity index (χ4n) is 4.45. The van der Waals surface area contributed by atoms with Crippen molar-refractivity contribution in [3.63, 3.8) is 0 Å². The minimum Gasteiger partial charge on any atom is -0.463 e. The number of fused-ring (bicyclic) bond motifs is 1. The topological polar surface area (TPSA) is 100 Å². The lowest BCUT2D eigenvalue weighted by molar-refractivity contribution is -0.139. The second kappa shape index (κ2) is 11.5. The highest BCUT2D eigenvalue weighted by atomic mass is 35.5. The molecule has 3 heterocycles. The number of carbonyl (C=O) groups is 2. The van der Waals surface area contributed by atoms with E-state index in [1.165, 1.54) is 15.9 Å². The van der Waals surface area contributed by atoms with E-state index >= 15 is 0 Å². The Labute approximate surface area is 238 Å². The van der Waals surface area contributed by atoms with Gasteiger partial charge >= 0.3 is 11.9 Å². The first-order valence-corrected chi connectivity index (χ1v) is 13.8. The normalized spacial score (nSPS) is 15.0. The van der Waals surface area contributed by atoms with Crippen LogP contribution in [0.3, 0.4) is 0 Å². The number of rotatable bonds is 7. The van der Waals surface area contributed by atoms with Gasteiger partial charge < -0.3 is 13.9 Å². The van der Waals surface area contributed by atoms with Crippen molar-refractivity contribution >= 4 is 41.0 Å². The molecule has 0 bridgehead atoms. The zero-order valence-corrected chi connectivity index (χ0v) is 23.5. The summed E-state index contributed by atoms with van der Waals surface area (Å²) < 4.78 is 18.3. The summed E-state index contributed by atoms with van der Waals surface area (Å²) in [6.45, 7) is 5.72. The quantitative estimate of drug-likeness (QED) is 0.291. The van der Waals surface area contributed by atoms with E-state index in [0.29, 0.717) is 54.9 Å². The molecule has 5 rings (SSSR count). The van der Waals surface area contributed by atoms with E-state index in [4.69, 9.17) is 25.5 Å². The minimum absolute atomic E-state index is 0.194. The van der Waals surface area contributed by atoms with Gasteiger partial charge in [-0.15, -0.1) is 0 Å². The number of esters is 2. The SMILES string of the molecule is CCOC(=O)C1=C(C)N=c2s/c(=C/c3ccc(-c4ccc(C(=O)OCC)cc4)o3)c(=O)n2[C@@H]1c1ccc(Cl)cc1. The molecule has 0 unspecified atom stereocenters. The van der Waals surface area contributed by atoms with Crippen LogP contribution < -0.4 is 14.9 Å². The number of allylic oxidation sites excluding steroid dienone is 1. The second-order valence-electron chi connectivity index (χ2n) is 8.85. The number of thiazole rings is 1. The van der Waals surface area contributed by atoms with E-state index in [2.05, 4.69) is 4.99 Å². The lowest BCUT2D eigenvalue weighted by atomic mass is 9.96. The first-order chi connectivity index (χ1) is 19.3. The van der Waals surface area contributed by atoms with E-state index in [0.717, 1.165) is 5.56 Å². The van der Waals surface area contributed by atoms with Crippen LogP contribution in [0.25, 0.3) is 17.4 Å². The minimum atomic E-state index is -0.722. The number of aromatic nitrogens is 1. The van der Waals surface area contributed by atoms with Crippen LogP contribution in [0, 0.1) is 0 Å². The largest absolute Gasteiger partial charge is 0.463 e. The average molecular weight is 577 g/mol. The first-order valence-electron chi connectivity index (χ1n) is 12.6. The molecule has 40 heavy (non-hydrogen) atoms. The predicted octanol–water partition coefficient (Wildman–Crippen LogP) is 4.89. The first kappa shape index (κ1) is 27.4. The van der Waals surface area contributed by atoms with Crippen molar-refractivity contribution in [1.29, 1.82) is 0 Å². The molecule has 0 amide bonds. The second-order valence-corrected chi connectivity index (χ2v) is 10.3. The third-order valence-electron chi connectivity index (χ3n) is 6.28. The molecule has 0 saturated heterocycles. The van der Waals surface area contributed by atoms with Crippen molar-refractivity contribution in [1.82, 2.24) is 4.57 Å². The van der Waals surface area contributed by atoms with Crippen molar-refractivity contribution in [3.05, 3.63) is 114 Å². The molecule has 0 radical (unpaired) electrons. The smallest absolute Gasteiger partial charge is 0.338 e. The number of furan rings is 1. The van der Waals surface area contributed by atoms with Crippen LogP contribution in [0.5, 0.6) is 0 Å². The molecule has 2 aromatic carbocycles. The Morgan fingerprint density at radius 3 is 2.35 bits per heavy atom. The van der Waals surface area contributed by atoms with Crippen molar-refractivity contribution in [3.8, 4) is 11.3 Å². The molecule has 1 aliphatic heterocycles. The average Bonchev–Trinajstić information content (AvgIpc) is 3.53. The summed E-state index contributed by atoms with van der Waals surface area (Å²) >= 11 is 7.32. The van der Waals surface area contributed by atoms with Crippen LogP contribution in [0.4, 0.5) is 0 Å². The molecule has 8 nitrogen and oxygen atoms in total. The van der Waals surface area contributed by atoms with Crippen molar-refractivity contribution in [2.45, 2.75) is 26.8 Å². The molecular weight excluding hydrogens is 552 g/mol. The summed E-state index contributed by atoms with van der Waals surface area (Å²) in [5.41, 5.74) is 2.40. The van der Waals surface area contributed by atoms with Gasteiger partial charge in [0, 0.05) is 16.7 Å². The number of ether oxygens (including phenoxy) is 2. The molecule has 10 heteroatoms. The van der Waals surface area contributed by atoms with E-state index in [-0.39, 0.29) is 18.1 Å². The maximum absolute atomic E-state index is 13.7. The number of nitrogens with zero attached hydrogens (tertiary/aromatic N) is 2. The van der Waals surface area contributed by atoms with E-state index in [9.17, 15) is 14.4 Å². The molecule has 0 saturated carbocycles. The molecule has 0 fully saturated rings. The van der Waals surface area contributed by atoms with Gasteiger partial charge in [-0.25, -0.2) is 14.6 Å². The van der Waals surface area contributed by atoms with Crippen LogP contribution in [0.15, 0.2) is 86.1 Å². The van der Waals surface area contributed by atoms with Crippen LogP contribution in [0.2, 0.25) is 5.02 Å². The van der Waals surface area contributed by atoms with E-state index < -0.39 is 12.0 Å². The van der Waals surface area contributed by atoms with Crippen LogP contribution >= 0.6 is 22.9 Å². The molecule has 0 aliphatic carbocycles. The number of carbonyl (C=O) groups excluding carboxylic acids is 2. The highest BCUT2D eigenvalue weighted by molar-refractivity contribution is 7.07. The molecule has 204 valence electrons. The van der Waals surface area contributed by atoms with Crippen LogP contribution in [-0.4, -0.2) is 29.7 Å². The Kier molecular flexibility index (Phi) is 7.86. The van der Waals surface area contributed by atoms with E-state index in [1.807, 2.05) is 0 Å². The lowest BCUT2D eigenvalue weighted by Gasteiger charge is -2.24. The Morgan fingerprint density at radius 1 is 1.00 bits per heavy atom. The third-order valence-corrected chi connectivity index (χ3v) is 7.52. The Hall–Kier alpha value is -4.21. The molecular formula is C30H25ClN2O6S. The summed E-state index contributed by atoms with van der Waals surface area (Å²) in [6.07, 6.45) is 1.66. The fraction of sp³-hybridized carbons (Fsp3) is 0.200. The van der Waals surface area contributed by atoms with Gasteiger partial charge in [-0.3, -0.25) is 9.36 Å². The number of halogens is 1. The monoisotopic (exact) mass is 576 g/mol. The zero-order chi connectivity index (χ0) is 28.4. The van der Waals surface area contributed by atoms with Crippen LogP contribution in [-0.2, 0) is 14.3 Å². The van der Waals surface area contributed by atoms with Gasteiger partial charge in [0.05, 0.1) is 40.6 Å². The third kappa shape index (κ3) is 5.30. The number of benzene rings is 2. The maximum atomic E-state index is 13.7. The summed E-state index contributed by atoms with van der Waals surface area (Å²) in [7, 11) is 0. The predicted molar refractivity (Wildman–Crippen MR) is 152 cm³/mol. The molecule has 2 aromatic heterocycles. The molecule has 0 spiro atoms. The number of hydrogen-bond donors (Lipinski definition) is 0. The number of hydrogen-bond acceptors (Lipinski definition) is 8. The van der Waals surface area contributed by atoms with Crippen molar-refractivity contribution < 1.29 is 23.5 Å². The van der Waals surface area contributed by atoms with Gasteiger partial charge in [0.25, 0.3) is 5.56 Å². The van der Waals surface area contributed by atoms with Crippen molar-refractivity contribution in [2.75, 3.05) is 13.2 Å². The van der Waals surface area contributed by atoms with Crippen molar-refractivity contribution in [2.24, 2.45) is 4.99 Å². The standard InChI is InChI=1S/C30H25ClN2O6S/c1-4-37-28(35)20-8-6-18(7-9-20)23-15-14-22(39-23)16-24-27(34)33-26(19-10-12-21(31)13-11-19)25(29(36)38-5-2)17(3)32-30(33)40-24/h6-16,26H,4-5H2,1-3H3/b24-16+/t26-/m1/s1. The molecule has 4 aromatic rings. The Balaban J connectivity index is 1.54. The summed E-state index contributed by atoms with van der Waals surface area (Å²) in [5, 5.41) is 0.540. The highest BCUT2D eigenvalue weighted by Crippen LogP contribution is 2.31. The van der Waals surface area contributed by atoms with E-state index in [1.54, 1.807) is 87.5 Å². The van der Waals surface area contributed by atoms with Gasteiger partial charge in [-0.05, 0) is 62.7 Å². The summed E-state index contributed by atoms with van der Waals surface area (Å²) in [6, 6.07) is 16.7. The van der Waals surface area contributed by atoms with Gasteiger partial charge in [-0.1, -0.05) is 47.2 Å². The van der Waals surface area contributed by atoms with Gasteiger partial charge in [0.1, 0.15) is 11.5 Å². The Bertz CT molecular complexity index is 1800. The zero-order valence-electron chi connectivity index (χ0n) is 22.0. The molecule has 1 atom stereocenters. The fourth-order valence-corrected chi connectivity index (χ4v) is 5.60.